The summed E-state index contributed by atoms with van der Waals surface area (Å²) < 4.78 is 17.5. The molecule has 0 fully saturated rings. The number of hydrogen-bond acceptors (Lipinski definition) is 7. The molecule has 0 amide bonds. The van der Waals surface area contributed by atoms with Crippen LogP contribution in [0, 0.1) is 0 Å². The fourth-order valence-electron chi connectivity index (χ4n) is 0.779. The van der Waals surface area contributed by atoms with E-state index in [1.54, 1.807) is 0 Å². The molecule has 0 spiro atoms. The van der Waals surface area contributed by atoms with Gasteiger partial charge in [-0.25, -0.2) is 0 Å². The van der Waals surface area contributed by atoms with Crippen molar-refractivity contribution in [3.63, 3.8) is 0 Å². The molecule has 0 aliphatic rings. The van der Waals surface area contributed by atoms with Crippen molar-refractivity contribution in [2.75, 3.05) is 0 Å². The lowest BCUT2D eigenvalue weighted by molar-refractivity contribution is -0.143. The maximum atomic E-state index is 12.1. The number of ether oxygens (including phenoxy) is 2. The van der Waals surface area contributed by atoms with Gasteiger partial charge in [-0.05, 0) is 4.57 Å². The van der Waals surface area contributed by atoms with E-state index in [1.165, 1.54) is 0 Å². The smallest absolute Gasteiger partial charge is 0.442 e. The number of carbonyl (C=O) groups is 2. The van der Waals surface area contributed by atoms with Crippen LogP contribution in [-0.2, 0) is 23.6 Å². The van der Waals surface area contributed by atoms with Crippen LogP contribution < -0.4 is 0 Å². The van der Waals surface area contributed by atoms with E-state index in [9.17, 15) is 14.2 Å². The van der Waals surface area contributed by atoms with E-state index in [-0.39, 0.29) is 0 Å². The molecule has 0 aromatic carbocycles. The van der Waals surface area contributed by atoms with Gasteiger partial charge in [-0.3, -0.25) is 9.59 Å². The van der Waals surface area contributed by atoms with Gasteiger partial charge in [0.25, 0.3) is 0 Å². The van der Waals surface area contributed by atoms with Crippen molar-refractivity contribution in [2.45, 2.75) is 32.3 Å². The van der Waals surface area contributed by atoms with Gasteiger partial charge in [-0.2, -0.15) is 0 Å². The molecule has 14 heteroatoms. The molecule has 0 radical (unpaired) electrons. The maximum Gasteiger partial charge on any atom is 0.491 e. The van der Waals surface area contributed by atoms with E-state index < -0.39 is 36.6 Å². The monoisotopic (exact) mass is 489 g/mol. The predicted octanol–water partition coefficient (Wildman–Crippen LogP) is 5.63. The number of halogens is 6. The van der Waals surface area contributed by atoms with E-state index in [0.29, 0.717) is 22.8 Å². The molecule has 0 saturated heterocycles. The van der Waals surface area contributed by atoms with Gasteiger partial charge in [0.1, 0.15) is 0 Å². The van der Waals surface area contributed by atoms with Crippen LogP contribution in [0.25, 0.3) is 0 Å². The second-order valence-electron chi connectivity index (χ2n) is 3.40. The molecule has 0 rings (SSSR count). The molecule has 0 aromatic rings. The molecule has 0 N–H and O–H groups in total. The maximum absolute atomic E-state index is 12.1. The quantitative estimate of drug-likeness (QED) is 0.206. The Morgan fingerprint density at radius 3 is 1.32 bits per heavy atom. The molecule has 22 heavy (non-hydrogen) atoms. The molecular weight excluding hydrogens is 484 g/mol. The molecule has 128 valence electrons. The average Bonchev–Trinajstić information content (AvgIpc) is 2.23. The standard InChI is InChI=1S/C8H8Cl6O5PS2/c1-3(15)18-5(7(9,10)11)21-20(17)22-6(8(12,13)14)19-4(2)16/h5-6H,1-2H3/q+1/t5-,6-/m0/s1. The van der Waals surface area contributed by atoms with Crippen LogP contribution in [-0.4, -0.2) is 30.4 Å². The Bertz CT molecular complexity index is 402. The Morgan fingerprint density at radius 1 is 0.864 bits per heavy atom. The van der Waals surface area contributed by atoms with E-state index in [1.807, 2.05) is 0 Å². The molecule has 0 heterocycles. The second-order valence-corrected chi connectivity index (χ2v) is 13.8. The van der Waals surface area contributed by atoms with Gasteiger partial charge in [0.2, 0.25) is 18.5 Å². The Morgan fingerprint density at radius 2 is 1.14 bits per heavy atom. The summed E-state index contributed by atoms with van der Waals surface area (Å²) in [6.45, 7) is 2.18. The molecule has 0 aliphatic carbocycles. The Labute approximate surface area is 165 Å². The fraction of sp³-hybridized carbons (Fsp3) is 0.750. The number of alkyl halides is 6. The summed E-state index contributed by atoms with van der Waals surface area (Å²) in [5, 5.41) is 0. The summed E-state index contributed by atoms with van der Waals surface area (Å²) in [7, 11) is 0. The lowest BCUT2D eigenvalue weighted by Crippen LogP contribution is -2.28. The van der Waals surface area contributed by atoms with E-state index >= 15 is 0 Å². The molecule has 0 aliphatic heterocycles. The van der Waals surface area contributed by atoms with Crippen LogP contribution in [0.3, 0.4) is 0 Å². The third kappa shape index (κ3) is 10.4. The first kappa shape index (κ1) is 23.5. The summed E-state index contributed by atoms with van der Waals surface area (Å²) >= 11 is 34.8. The van der Waals surface area contributed by atoms with Gasteiger partial charge in [-0.15, -0.1) is 0 Å². The summed E-state index contributed by atoms with van der Waals surface area (Å²) in [6.07, 6.45) is -2.33. The second kappa shape index (κ2) is 9.83. The minimum absolute atomic E-state index is 0.518. The lowest BCUT2D eigenvalue weighted by Gasteiger charge is -2.20. The van der Waals surface area contributed by atoms with E-state index in [4.69, 9.17) is 79.1 Å². The van der Waals surface area contributed by atoms with Crippen LogP contribution >= 0.6 is 98.6 Å². The Hall–Kier alpha value is 1.48. The fourth-order valence-corrected chi connectivity index (χ4v) is 8.07. The van der Waals surface area contributed by atoms with Gasteiger partial charge in [-0.1, -0.05) is 69.6 Å². The number of carbonyl (C=O) groups excluding carboxylic acids is 2. The highest BCUT2D eigenvalue weighted by Gasteiger charge is 2.49. The third-order valence-corrected chi connectivity index (χ3v) is 8.77. The van der Waals surface area contributed by atoms with Gasteiger partial charge in [0.15, 0.2) is 22.8 Å². The summed E-state index contributed by atoms with van der Waals surface area (Å²) in [5.41, 5.74) is -2.72. The minimum atomic E-state index is -2.33. The predicted molar refractivity (Wildman–Crippen MR) is 94.5 cm³/mol. The molecule has 2 atom stereocenters. The van der Waals surface area contributed by atoms with Crippen molar-refractivity contribution in [1.29, 1.82) is 0 Å². The third-order valence-electron chi connectivity index (χ3n) is 1.44. The van der Waals surface area contributed by atoms with Crippen molar-refractivity contribution in [3.8, 4) is 0 Å². The van der Waals surface area contributed by atoms with Crippen LogP contribution in [0.2, 0.25) is 0 Å². The molecule has 0 saturated carbocycles. The van der Waals surface area contributed by atoms with E-state index in [2.05, 4.69) is 0 Å². The van der Waals surface area contributed by atoms with Crippen molar-refractivity contribution in [1.82, 2.24) is 0 Å². The summed E-state index contributed by atoms with van der Waals surface area (Å²) in [5.74, 6) is -1.48. The van der Waals surface area contributed by atoms with E-state index in [0.717, 1.165) is 13.8 Å². The molecule has 5 nitrogen and oxygen atoms in total. The minimum Gasteiger partial charge on any atom is -0.442 e. The SMILES string of the molecule is CC(=O)O[C@@H](S[P+](=O)S[C@H](OC(C)=O)C(Cl)(Cl)Cl)C(Cl)(Cl)Cl. The number of esters is 2. The summed E-state index contributed by atoms with van der Waals surface area (Å²) in [6, 6.07) is 0. The number of rotatable bonds is 6. The highest BCUT2D eigenvalue weighted by atomic mass is 35.6. The molecule has 0 bridgehead atoms. The largest absolute Gasteiger partial charge is 0.491 e. The average molecular weight is 492 g/mol. The first-order valence-corrected chi connectivity index (χ1v) is 11.5. The summed E-state index contributed by atoms with van der Waals surface area (Å²) in [4.78, 5) is 21.9. The number of hydrogen-bond donors (Lipinski definition) is 0. The van der Waals surface area contributed by atoms with Crippen molar-refractivity contribution >= 4 is 111 Å². The van der Waals surface area contributed by atoms with Gasteiger partial charge >= 0.3 is 18.1 Å². The Kier molecular flexibility index (Phi) is 10.5. The first-order valence-electron chi connectivity index (χ1n) is 5.02. The molecule has 0 unspecified atom stereocenters. The van der Waals surface area contributed by atoms with Gasteiger partial charge in [0, 0.05) is 13.8 Å². The molecular formula is C8H8Cl6O5PS2+. The zero-order valence-electron chi connectivity index (χ0n) is 10.7. The normalized spacial score (nSPS) is 14.9. The van der Waals surface area contributed by atoms with Crippen LogP contribution in [0.1, 0.15) is 13.8 Å². The van der Waals surface area contributed by atoms with Gasteiger partial charge in [0.05, 0.1) is 0 Å². The van der Waals surface area contributed by atoms with Crippen LogP contribution in [0.4, 0.5) is 0 Å². The zero-order chi connectivity index (χ0) is 17.7. The topological polar surface area (TPSA) is 69.7 Å². The van der Waals surface area contributed by atoms with Crippen molar-refractivity contribution in [3.05, 3.63) is 0 Å². The van der Waals surface area contributed by atoms with Gasteiger partial charge < -0.3 is 9.47 Å². The van der Waals surface area contributed by atoms with Crippen molar-refractivity contribution < 1.29 is 23.6 Å². The first-order chi connectivity index (χ1) is 9.73. The highest BCUT2D eigenvalue weighted by Crippen LogP contribution is 2.60. The molecule has 0 aromatic heterocycles. The lowest BCUT2D eigenvalue weighted by atomic mass is 10.7. The zero-order valence-corrected chi connectivity index (χ0v) is 17.8. The van der Waals surface area contributed by atoms with Crippen molar-refractivity contribution in [2.24, 2.45) is 0 Å². The Balaban J connectivity index is 4.92. The highest BCUT2D eigenvalue weighted by molar-refractivity contribution is 8.84. The van der Waals surface area contributed by atoms with Crippen LogP contribution in [0.15, 0.2) is 0 Å². The van der Waals surface area contributed by atoms with Crippen LogP contribution in [0.5, 0.6) is 0 Å².